The van der Waals surface area contributed by atoms with Gasteiger partial charge >= 0.3 is 5.97 Å². The van der Waals surface area contributed by atoms with E-state index in [9.17, 15) is 9.59 Å². The number of nitrogens with zero attached hydrogens (tertiary/aromatic N) is 1. The van der Waals surface area contributed by atoms with Crippen LogP contribution >= 0.6 is 0 Å². The number of ether oxygens (including phenoxy) is 1. The van der Waals surface area contributed by atoms with Crippen LogP contribution in [0.2, 0.25) is 0 Å². The van der Waals surface area contributed by atoms with Crippen LogP contribution in [0.15, 0.2) is 11.0 Å². The number of hydrogen-bond acceptors (Lipinski definition) is 4. The Kier molecular flexibility index (Phi) is 4.65. The second-order valence-corrected chi connectivity index (χ2v) is 3.35. The van der Waals surface area contributed by atoms with E-state index < -0.39 is 5.97 Å². The van der Waals surface area contributed by atoms with Crippen LogP contribution in [0.4, 0.5) is 0 Å². The fourth-order valence-electron chi connectivity index (χ4n) is 1.26. The Balaban J connectivity index is 2.67. The van der Waals surface area contributed by atoms with Crippen LogP contribution in [-0.4, -0.2) is 34.8 Å². The summed E-state index contributed by atoms with van der Waals surface area (Å²) in [6.07, 6.45) is 2.38. The second kappa shape index (κ2) is 6.02. The van der Waals surface area contributed by atoms with Crippen LogP contribution in [0, 0.1) is 0 Å². The van der Waals surface area contributed by atoms with Crippen molar-refractivity contribution in [3.05, 3.63) is 27.9 Å². The standard InChI is InChI=1S/C10H14N2O4/c1-16-4-2-3-8-11-6-7(5-9(13)14)10(15)12-8/h6H,2-5H2,1H3,(H,13,14)(H,11,12,15). The lowest BCUT2D eigenvalue weighted by Gasteiger charge is -2.01. The number of aryl methyl sites for hydroxylation is 1. The van der Waals surface area contributed by atoms with E-state index in [-0.39, 0.29) is 17.5 Å². The number of carbonyl (C=O) groups is 1. The van der Waals surface area contributed by atoms with E-state index in [4.69, 9.17) is 9.84 Å². The molecule has 1 aromatic heterocycles. The summed E-state index contributed by atoms with van der Waals surface area (Å²) < 4.78 is 4.87. The molecule has 0 aliphatic carbocycles. The fraction of sp³-hybridized carbons (Fsp3) is 0.500. The molecule has 0 unspecified atom stereocenters. The largest absolute Gasteiger partial charge is 0.481 e. The van der Waals surface area contributed by atoms with Gasteiger partial charge in [0.1, 0.15) is 5.82 Å². The van der Waals surface area contributed by atoms with Crippen LogP contribution in [-0.2, 0) is 22.4 Å². The van der Waals surface area contributed by atoms with Gasteiger partial charge in [-0.3, -0.25) is 9.59 Å². The number of rotatable bonds is 6. The van der Waals surface area contributed by atoms with E-state index in [0.29, 0.717) is 18.9 Å². The SMILES string of the molecule is COCCCc1ncc(CC(=O)O)c(=O)[nH]1. The third-order valence-corrected chi connectivity index (χ3v) is 2.03. The zero-order valence-electron chi connectivity index (χ0n) is 9.02. The van der Waals surface area contributed by atoms with Gasteiger partial charge in [0.05, 0.1) is 6.42 Å². The first-order valence-corrected chi connectivity index (χ1v) is 4.91. The highest BCUT2D eigenvalue weighted by Gasteiger charge is 2.06. The maximum Gasteiger partial charge on any atom is 0.308 e. The predicted molar refractivity (Wildman–Crippen MR) is 56.4 cm³/mol. The third-order valence-electron chi connectivity index (χ3n) is 2.03. The minimum absolute atomic E-state index is 0.169. The van der Waals surface area contributed by atoms with Crippen molar-refractivity contribution in [1.82, 2.24) is 9.97 Å². The highest BCUT2D eigenvalue weighted by atomic mass is 16.5. The average Bonchev–Trinajstić information content (AvgIpc) is 2.22. The predicted octanol–water partition coefficient (Wildman–Crippen LogP) is -0.0240. The number of carboxylic acids is 1. The maximum atomic E-state index is 11.4. The van der Waals surface area contributed by atoms with Crippen molar-refractivity contribution < 1.29 is 14.6 Å². The van der Waals surface area contributed by atoms with Gasteiger partial charge in [-0.15, -0.1) is 0 Å². The van der Waals surface area contributed by atoms with Crippen LogP contribution in [0.25, 0.3) is 0 Å². The van der Waals surface area contributed by atoms with Gasteiger partial charge in [0.25, 0.3) is 5.56 Å². The van der Waals surface area contributed by atoms with Crippen molar-refractivity contribution in [2.45, 2.75) is 19.3 Å². The molecule has 2 N–H and O–H groups in total. The van der Waals surface area contributed by atoms with Gasteiger partial charge in [0, 0.05) is 31.9 Å². The first-order chi connectivity index (χ1) is 7.63. The molecule has 0 saturated carbocycles. The molecule has 0 fully saturated rings. The van der Waals surface area contributed by atoms with Crippen molar-refractivity contribution in [2.75, 3.05) is 13.7 Å². The maximum absolute atomic E-state index is 11.4. The quantitative estimate of drug-likeness (QED) is 0.665. The van der Waals surface area contributed by atoms with Gasteiger partial charge in [0.2, 0.25) is 0 Å². The summed E-state index contributed by atoms with van der Waals surface area (Å²) in [6.45, 7) is 0.598. The van der Waals surface area contributed by atoms with Crippen LogP contribution in [0.5, 0.6) is 0 Å². The molecule has 6 heteroatoms. The van der Waals surface area contributed by atoms with Gasteiger partial charge in [-0.05, 0) is 6.42 Å². The number of H-pyrrole nitrogens is 1. The first kappa shape index (κ1) is 12.4. The smallest absolute Gasteiger partial charge is 0.308 e. The van der Waals surface area contributed by atoms with Crippen LogP contribution < -0.4 is 5.56 Å². The molecule has 0 saturated heterocycles. The van der Waals surface area contributed by atoms with Crippen molar-refractivity contribution in [1.29, 1.82) is 0 Å². The van der Waals surface area contributed by atoms with E-state index in [2.05, 4.69) is 9.97 Å². The summed E-state index contributed by atoms with van der Waals surface area (Å²) in [6, 6.07) is 0. The topological polar surface area (TPSA) is 92.3 Å². The Morgan fingerprint density at radius 2 is 2.38 bits per heavy atom. The van der Waals surface area contributed by atoms with Crippen molar-refractivity contribution in [3.63, 3.8) is 0 Å². The van der Waals surface area contributed by atoms with Gasteiger partial charge in [-0.1, -0.05) is 0 Å². The second-order valence-electron chi connectivity index (χ2n) is 3.35. The normalized spacial score (nSPS) is 10.3. The summed E-state index contributed by atoms with van der Waals surface area (Å²) in [4.78, 5) is 28.4. The molecule has 1 rings (SSSR count). The lowest BCUT2D eigenvalue weighted by Crippen LogP contribution is -2.19. The summed E-state index contributed by atoms with van der Waals surface area (Å²) >= 11 is 0. The zero-order valence-corrected chi connectivity index (χ0v) is 9.02. The zero-order chi connectivity index (χ0) is 12.0. The molecule has 88 valence electrons. The molecule has 0 amide bonds. The minimum Gasteiger partial charge on any atom is -0.481 e. The van der Waals surface area contributed by atoms with E-state index in [1.165, 1.54) is 6.20 Å². The van der Waals surface area contributed by atoms with E-state index in [1.54, 1.807) is 7.11 Å². The average molecular weight is 226 g/mol. The molecule has 0 atom stereocenters. The lowest BCUT2D eigenvalue weighted by molar-refractivity contribution is -0.136. The van der Waals surface area contributed by atoms with Gasteiger partial charge in [0.15, 0.2) is 0 Å². The molecule has 0 aliphatic heterocycles. The first-order valence-electron chi connectivity index (χ1n) is 4.91. The number of aromatic amines is 1. The van der Waals surface area contributed by atoms with Crippen LogP contribution in [0.3, 0.4) is 0 Å². The summed E-state index contributed by atoms with van der Waals surface area (Å²) in [5, 5.41) is 8.54. The molecule has 0 aliphatic rings. The van der Waals surface area contributed by atoms with Gasteiger partial charge < -0.3 is 14.8 Å². The van der Waals surface area contributed by atoms with Crippen molar-refractivity contribution >= 4 is 5.97 Å². The molecule has 6 nitrogen and oxygen atoms in total. The Hall–Kier alpha value is -1.69. The number of carboxylic acid groups (broad SMARTS) is 1. The highest BCUT2D eigenvalue weighted by Crippen LogP contribution is 1.96. The fourth-order valence-corrected chi connectivity index (χ4v) is 1.26. The van der Waals surface area contributed by atoms with E-state index in [1.807, 2.05) is 0 Å². The molecule has 0 aromatic carbocycles. The van der Waals surface area contributed by atoms with Gasteiger partial charge in [-0.25, -0.2) is 4.98 Å². The lowest BCUT2D eigenvalue weighted by atomic mass is 10.2. The third kappa shape index (κ3) is 3.82. The van der Waals surface area contributed by atoms with Gasteiger partial charge in [-0.2, -0.15) is 0 Å². The number of methoxy groups -OCH3 is 1. The molecule has 16 heavy (non-hydrogen) atoms. The Bertz CT molecular complexity index is 414. The number of aromatic nitrogens is 2. The van der Waals surface area contributed by atoms with Crippen molar-refractivity contribution in [3.8, 4) is 0 Å². The molecule has 0 spiro atoms. The Morgan fingerprint density at radius 3 is 2.94 bits per heavy atom. The number of hydrogen-bond donors (Lipinski definition) is 2. The summed E-state index contributed by atoms with van der Waals surface area (Å²) in [7, 11) is 1.60. The minimum atomic E-state index is -1.04. The Morgan fingerprint density at radius 1 is 1.62 bits per heavy atom. The van der Waals surface area contributed by atoms with E-state index in [0.717, 1.165) is 6.42 Å². The highest BCUT2D eigenvalue weighted by molar-refractivity contribution is 5.69. The molecule has 0 radical (unpaired) electrons. The Labute approximate surface area is 92.3 Å². The molecule has 1 heterocycles. The number of nitrogens with one attached hydrogen (secondary N) is 1. The van der Waals surface area contributed by atoms with Crippen molar-refractivity contribution in [2.24, 2.45) is 0 Å². The number of aliphatic carboxylic acids is 1. The molecule has 0 bridgehead atoms. The molecule has 1 aromatic rings. The summed E-state index contributed by atoms with van der Waals surface area (Å²) in [5.41, 5.74) is -0.215. The molecular formula is C10H14N2O4. The monoisotopic (exact) mass is 226 g/mol. The molecular weight excluding hydrogens is 212 g/mol. The van der Waals surface area contributed by atoms with E-state index >= 15 is 0 Å². The van der Waals surface area contributed by atoms with Crippen LogP contribution in [0.1, 0.15) is 17.8 Å². The summed E-state index contributed by atoms with van der Waals surface area (Å²) in [5.74, 6) is -0.490.